The number of carbonyl (C=O) groups is 1. The SMILES string of the molecule is NCc1ccc2ccccc2c1-c1cccc(C=O)n1. The van der Waals surface area contributed by atoms with E-state index in [9.17, 15) is 4.79 Å². The maximum Gasteiger partial charge on any atom is 0.168 e. The van der Waals surface area contributed by atoms with E-state index in [1.54, 1.807) is 6.07 Å². The Labute approximate surface area is 117 Å². The Morgan fingerprint density at radius 1 is 1.00 bits per heavy atom. The molecule has 0 aliphatic rings. The van der Waals surface area contributed by atoms with Crippen molar-refractivity contribution in [2.45, 2.75) is 6.54 Å². The fourth-order valence-electron chi connectivity index (χ4n) is 2.45. The number of rotatable bonds is 3. The topological polar surface area (TPSA) is 56.0 Å². The summed E-state index contributed by atoms with van der Waals surface area (Å²) in [5.41, 5.74) is 9.10. The van der Waals surface area contributed by atoms with Gasteiger partial charge in [0.2, 0.25) is 0 Å². The van der Waals surface area contributed by atoms with Gasteiger partial charge in [0.05, 0.1) is 5.69 Å². The monoisotopic (exact) mass is 262 g/mol. The highest BCUT2D eigenvalue weighted by Crippen LogP contribution is 2.31. The highest BCUT2D eigenvalue weighted by atomic mass is 16.1. The Kier molecular flexibility index (Phi) is 3.27. The number of aromatic nitrogens is 1. The molecule has 98 valence electrons. The third-order valence-corrected chi connectivity index (χ3v) is 3.38. The quantitative estimate of drug-likeness (QED) is 0.737. The molecule has 0 aliphatic carbocycles. The van der Waals surface area contributed by atoms with Crippen molar-refractivity contribution in [1.82, 2.24) is 4.98 Å². The molecule has 0 bridgehead atoms. The molecule has 0 spiro atoms. The molecule has 1 heterocycles. The lowest BCUT2D eigenvalue weighted by Gasteiger charge is -2.11. The van der Waals surface area contributed by atoms with E-state index in [4.69, 9.17) is 5.73 Å². The van der Waals surface area contributed by atoms with E-state index in [0.29, 0.717) is 12.2 Å². The zero-order chi connectivity index (χ0) is 13.9. The van der Waals surface area contributed by atoms with Crippen LogP contribution in [0, 0.1) is 0 Å². The van der Waals surface area contributed by atoms with Gasteiger partial charge >= 0.3 is 0 Å². The van der Waals surface area contributed by atoms with Crippen LogP contribution in [-0.2, 0) is 6.54 Å². The zero-order valence-corrected chi connectivity index (χ0v) is 10.9. The minimum atomic E-state index is 0.429. The molecule has 20 heavy (non-hydrogen) atoms. The van der Waals surface area contributed by atoms with Crippen LogP contribution in [0.3, 0.4) is 0 Å². The smallest absolute Gasteiger partial charge is 0.168 e. The number of carbonyl (C=O) groups excluding carboxylic acids is 1. The molecule has 3 rings (SSSR count). The highest BCUT2D eigenvalue weighted by Gasteiger charge is 2.10. The number of benzene rings is 2. The molecule has 0 saturated carbocycles. The molecule has 0 fully saturated rings. The van der Waals surface area contributed by atoms with Crippen molar-refractivity contribution in [2.24, 2.45) is 5.73 Å². The van der Waals surface area contributed by atoms with Crippen LogP contribution in [0.25, 0.3) is 22.0 Å². The minimum Gasteiger partial charge on any atom is -0.326 e. The molecule has 3 heteroatoms. The van der Waals surface area contributed by atoms with Crippen LogP contribution >= 0.6 is 0 Å². The summed E-state index contributed by atoms with van der Waals surface area (Å²) in [6.45, 7) is 0.438. The van der Waals surface area contributed by atoms with Crippen LogP contribution in [-0.4, -0.2) is 11.3 Å². The van der Waals surface area contributed by atoms with Crippen molar-refractivity contribution in [1.29, 1.82) is 0 Å². The molecule has 0 unspecified atom stereocenters. The maximum atomic E-state index is 10.9. The third kappa shape index (κ3) is 2.08. The summed E-state index contributed by atoms with van der Waals surface area (Å²) in [6.07, 6.45) is 0.761. The first-order valence-corrected chi connectivity index (χ1v) is 6.47. The number of nitrogens with two attached hydrogens (primary N) is 1. The molecule has 0 aliphatic heterocycles. The van der Waals surface area contributed by atoms with Crippen molar-refractivity contribution < 1.29 is 4.79 Å². The van der Waals surface area contributed by atoms with Crippen molar-refractivity contribution in [3.8, 4) is 11.3 Å². The number of pyridine rings is 1. The number of nitrogens with zero attached hydrogens (tertiary/aromatic N) is 1. The van der Waals surface area contributed by atoms with Gasteiger partial charge in [-0.15, -0.1) is 0 Å². The fourth-order valence-corrected chi connectivity index (χ4v) is 2.45. The summed E-state index contributed by atoms with van der Waals surface area (Å²) >= 11 is 0. The highest BCUT2D eigenvalue weighted by molar-refractivity contribution is 5.97. The molecule has 2 aromatic carbocycles. The van der Waals surface area contributed by atoms with Gasteiger partial charge in [0.25, 0.3) is 0 Å². The standard InChI is InChI=1S/C17H14N2O/c18-10-13-9-8-12-4-1-2-6-15(12)17(13)16-7-3-5-14(11-20)19-16/h1-9,11H,10,18H2. The lowest BCUT2D eigenvalue weighted by molar-refractivity contribution is 0.111. The second-order valence-corrected chi connectivity index (χ2v) is 4.59. The van der Waals surface area contributed by atoms with Crippen LogP contribution in [0.15, 0.2) is 54.6 Å². The molecule has 0 saturated heterocycles. The first kappa shape index (κ1) is 12.5. The van der Waals surface area contributed by atoms with Crippen LogP contribution in [0.1, 0.15) is 16.1 Å². The molecule has 3 aromatic rings. The minimum absolute atomic E-state index is 0.429. The van der Waals surface area contributed by atoms with Crippen molar-refractivity contribution >= 4 is 17.1 Å². The van der Waals surface area contributed by atoms with E-state index in [2.05, 4.69) is 23.2 Å². The molecule has 0 atom stereocenters. The van der Waals surface area contributed by atoms with Gasteiger partial charge in [0.15, 0.2) is 6.29 Å². The van der Waals surface area contributed by atoms with Gasteiger partial charge in [-0.05, 0) is 28.5 Å². The second-order valence-electron chi connectivity index (χ2n) is 4.59. The van der Waals surface area contributed by atoms with Gasteiger partial charge in [-0.3, -0.25) is 4.79 Å². The number of fused-ring (bicyclic) bond motifs is 1. The predicted octanol–water partition coefficient (Wildman–Crippen LogP) is 3.17. The Hall–Kier alpha value is -2.52. The van der Waals surface area contributed by atoms with Crippen LogP contribution in [0.2, 0.25) is 0 Å². The number of hydrogen-bond donors (Lipinski definition) is 1. The molecule has 3 nitrogen and oxygen atoms in total. The van der Waals surface area contributed by atoms with E-state index >= 15 is 0 Å². The van der Waals surface area contributed by atoms with E-state index in [0.717, 1.165) is 33.9 Å². The van der Waals surface area contributed by atoms with Gasteiger partial charge in [-0.25, -0.2) is 4.98 Å². The van der Waals surface area contributed by atoms with Crippen LogP contribution in [0.4, 0.5) is 0 Å². The largest absolute Gasteiger partial charge is 0.326 e. The zero-order valence-electron chi connectivity index (χ0n) is 10.9. The van der Waals surface area contributed by atoms with Crippen molar-refractivity contribution in [2.75, 3.05) is 0 Å². The fraction of sp³-hybridized carbons (Fsp3) is 0.0588. The molecule has 0 radical (unpaired) electrons. The maximum absolute atomic E-state index is 10.9. The summed E-state index contributed by atoms with van der Waals surface area (Å²) in [4.78, 5) is 15.3. The van der Waals surface area contributed by atoms with E-state index in [1.807, 2.05) is 30.3 Å². The van der Waals surface area contributed by atoms with E-state index in [1.165, 1.54) is 0 Å². The van der Waals surface area contributed by atoms with E-state index < -0.39 is 0 Å². The summed E-state index contributed by atoms with van der Waals surface area (Å²) < 4.78 is 0. The normalized spacial score (nSPS) is 10.7. The third-order valence-electron chi connectivity index (χ3n) is 3.38. The van der Waals surface area contributed by atoms with Gasteiger partial charge in [0, 0.05) is 12.1 Å². The molecule has 1 aromatic heterocycles. The van der Waals surface area contributed by atoms with Crippen LogP contribution < -0.4 is 5.73 Å². The first-order chi connectivity index (χ1) is 9.83. The van der Waals surface area contributed by atoms with Gasteiger partial charge in [-0.1, -0.05) is 42.5 Å². The molecule has 2 N–H and O–H groups in total. The molecular formula is C17H14N2O. The van der Waals surface area contributed by atoms with E-state index in [-0.39, 0.29) is 0 Å². The second kappa shape index (κ2) is 5.23. The van der Waals surface area contributed by atoms with Crippen LogP contribution in [0.5, 0.6) is 0 Å². The number of aldehydes is 1. The lowest BCUT2D eigenvalue weighted by Crippen LogP contribution is -2.01. The Bertz CT molecular complexity index is 781. The summed E-state index contributed by atoms with van der Waals surface area (Å²) in [5.74, 6) is 0. The van der Waals surface area contributed by atoms with Crippen molar-refractivity contribution in [3.05, 3.63) is 65.9 Å². The summed E-state index contributed by atoms with van der Waals surface area (Å²) in [7, 11) is 0. The predicted molar refractivity (Wildman–Crippen MR) is 80.5 cm³/mol. The molecular weight excluding hydrogens is 248 g/mol. The first-order valence-electron chi connectivity index (χ1n) is 6.47. The van der Waals surface area contributed by atoms with Crippen molar-refractivity contribution in [3.63, 3.8) is 0 Å². The van der Waals surface area contributed by atoms with Gasteiger partial charge in [-0.2, -0.15) is 0 Å². The Balaban J connectivity index is 2.35. The summed E-state index contributed by atoms with van der Waals surface area (Å²) in [6, 6.07) is 17.6. The molecule has 0 amide bonds. The lowest BCUT2D eigenvalue weighted by atomic mass is 9.96. The van der Waals surface area contributed by atoms with Gasteiger partial charge < -0.3 is 5.73 Å². The number of hydrogen-bond acceptors (Lipinski definition) is 3. The summed E-state index contributed by atoms with van der Waals surface area (Å²) in [5, 5.41) is 2.24. The Morgan fingerprint density at radius 3 is 2.65 bits per heavy atom. The average molecular weight is 262 g/mol. The van der Waals surface area contributed by atoms with Gasteiger partial charge in [0.1, 0.15) is 5.69 Å². The average Bonchev–Trinajstić information content (AvgIpc) is 2.53. The Morgan fingerprint density at radius 2 is 1.85 bits per heavy atom.